The predicted molar refractivity (Wildman–Crippen MR) is 104 cm³/mol. The molecule has 0 fully saturated rings. The van der Waals surface area contributed by atoms with Gasteiger partial charge < -0.3 is 9.84 Å². The number of hydrogen-bond donors (Lipinski definition) is 1. The first-order valence-corrected chi connectivity index (χ1v) is 8.96. The lowest BCUT2D eigenvalue weighted by molar-refractivity contribution is -0.153. The quantitative estimate of drug-likeness (QED) is 0.554. The highest BCUT2D eigenvalue weighted by atomic mass is 16.5. The number of esters is 1. The second-order valence-electron chi connectivity index (χ2n) is 5.85. The number of ether oxygens (including phenoxy) is 1. The van der Waals surface area contributed by atoms with Crippen molar-refractivity contribution in [2.75, 3.05) is 6.61 Å². The van der Waals surface area contributed by atoms with Crippen LogP contribution in [0.2, 0.25) is 0 Å². The van der Waals surface area contributed by atoms with E-state index in [4.69, 9.17) is 5.11 Å². The zero-order chi connectivity index (χ0) is 20.9. The molecule has 2 aromatic carbocycles. The first-order chi connectivity index (χ1) is 13.4. The van der Waals surface area contributed by atoms with Crippen LogP contribution in [0.1, 0.15) is 37.3 Å². The van der Waals surface area contributed by atoms with Crippen LogP contribution in [0.15, 0.2) is 60.7 Å². The lowest BCUT2D eigenvalue weighted by atomic mass is 9.92. The van der Waals surface area contributed by atoms with Crippen LogP contribution in [0, 0.1) is 0 Å². The van der Waals surface area contributed by atoms with Gasteiger partial charge in [0.1, 0.15) is 0 Å². The smallest absolute Gasteiger partial charge is 0.374 e. The van der Waals surface area contributed by atoms with Crippen molar-refractivity contribution in [3.63, 3.8) is 0 Å². The number of rotatable bonds is 8. The standard InChI is InChI=1S/2C11H12O3/c1-2-14-11(13)10(12)8-9-6-4-3-5-7-9;1-2-9(10(12)11(13)14)8-6-4-3-5-7-8/h3-7H,2,8H2,1H3;3-7,9H,2H2,1H3,(H,13,14). The number of carbonyl (C=O) groups is 4. The molecule has 1 N–H and O–H groups in total. The van der Waals surface area contributed by atoms with Gasteiger partial charge in [0.15, 0.2) is 0 Å². The Morgan fingerprint density at radius 2 is 1.43 bits per heavy atom. The molecule has 0 aromatic heterocycles. The molecular formula is C22H24O6. The normalized spacial score (nSPS) is 10.8. The average Bonchev–Trinajstić information content (AvgIpc) is 2.70. The van der Waals surface area contributed by atoms with Crippen LogP contribution in [-0.4, -0.2) is 35.2 Å². The second-order valence-corrected chi connectivity index (χ2v) is 5.85. The number of ketones is 2. The molecule has 0 radical (unpaired) electrons. The summed E-state index contributed by atoms with van der Waals surface area (Å²) in [6, 6.07) is 18.1. The van der Waals surface area contributed by atoms with E-state index in [2.05, 4.69) is 4.74 Å². The van der Waals surface area contributed by atoms with Crippen LogP contribution in [0.5, 0.6) is 0 Å². The van der Waals surface area contributed by atoms with Crippen LogP contribution >= 0.6 is 0 Å². The topological polar surface area (TPSA) is 97.7 Å². The van der Waals surface area contributed by atoms with Gasteiger partial charge in [-0.2, -0.15) is 0 Å². The molecule has 148 valence electrons. The van der Waals surface area contributed by atoms with E-state index in [9.17, 15) is 19.2 Å². The molecule has 2 aromatic rings. The molecule has 0 amide bonds. The molecule has 28 heavy (non-hydrogen) atoms. The first kappa shape index (κ1) is 22.8. The van der Waals surface area contributed by atoms with Crippen LogP contribution in [0.25, 0.3) is 0 Å². The van der Waals surface area contributed by atoms with E-state index in [-0.39, 0.29) is 13.0 Å². The van der Waals surface area contributed by atoms with Gasteiger partial charge in [-0.1, -0.05) is 67.6 Å². The minimum absolute atomic E-state index is 0.111. The number of aliphatic carboxylic acids is 1. The molecule has 6 nitrogen and oxygen atoms in total. The molecule has 0 bridgehead atoms. The Hall–Kier alpha value is -3.28. The van der Waals surface area contributed by atoms with Gasteiger partial charge in [-0.3, -0.25) is 9.59 Å². The highest BCUT2D eigenvalue weighted by molar-refractivity contribution is 6.35. The van der Waals surface area contributed by atoms with E-state index in [1.54, 1.807) is 50.2 Å². The predicted octanol–water partition coefficient (Wildman–Crippen LogP) is 3.20. The number of carboxylic acid groups (broad SMARTS) is 1. The molecule has 0 saturated carbocycles. The average molecular weight is 384 g/mol. The molecule has 0 aliphatic rings. The minimum atomic E-state index is -1.36. The van der Waals surface area contributed by atoms with Crippen LogP contribution in [0.3, 0.4) is 0 Å². The molecule has 2 rings (SSSR count). The van der Waals surface area contributed by atoms with Crippen molar-refractivity contribution >= 4 is 23.5 Å². The first-order valence-electron chi connectivity index (χ1n) is 8.96. The third kappa shape index (κ3) is 7.53. The summed E-state index contributed by atoms with van der Waals surface area (Å²) in [4.78, 5) is 44.0. The summed E-state index contributed by atoms with van der Waals surface area (Å²) in [5, 5.41) is 8.60. The van der Waals surface area contributed by atoms with Gasteiger partial charge in [-0.25, -0.2) is 9.59 Å². The van der Waals surface area contributed by atoms with Gasteiger partial charge >= 0.3 is 11.9 Å². The summed E-state index contributed by atoms with van der Waals surface area (Å²) in [6.45, 7) is 3.71. The number of benzene rings is 2. The maximum atomic E-state index is 11.3. The molecule has 0 saturated heterocycles. The fourth-order valence-electron chi connectivity index (χ4n) is 2.47. The van der Waals surface area contributed by atoms with Gasteiger partial charge in [0.2, 0.25) is 11.6 Å². The van der Waals surface area contributed by atoms with Crippen molar-refractivity contribution in [1.82, 2.24) is 0 Å². The molecule has 0 aliphatic heterocycles. The van der Waals surface area contributed by atoms with E-state index >= 15 is 0 Å². The van der Waals surface area contributed by atoms with Gasteiger partial charge in [-0.15, -0.1) is 0 Å². The van der Waals surface area contributed by atoms with Crippen LogP contribution < -0.4 is 0 Å². The number of carboxylic acids is 1. The van der Waals surface area contributed by atoms with Crippen LogP contribution in [-0.2, 0) is 30.3 Å². The van der Waals surface area contributed by atoms with Crippen molar-refractivity contribution in [2.45, 2.75) is 32.6 Å². The van der Waals surface area contributed by atoms with Gasteiger partial charge in [0.05, 0.1) is 12.5 Å². The summed E-state index contributed by atoms with van der Waals surface area (Å²) in [5.74, 6) is -3.87. The summed E-state index contributed by atoms with van der Waals surface area (Å²) < 4.78 is 4.59. The third-order valence-electron chi connectivity index (χ3n) is 3.85. The fraction of sp³-hybridized carbons (Fsp3) is 0.273. The van der Waals surface area contributed by atoms with Crippen molar-refractivity contribution in [3.8, 4) is 0 Å². The zero-order valence-electron chi connectivity index (χ0n) is 16.0. The summed E-state index contributed by atoms with van der Waals surface area (Å²) in [7, 11) is 0. The molecule has 1 atom stereocenters. The summed E-state index contributed by atoms with van der Waals surface area (Å²) >= 11 is 0. The molecular weight excluding hydrogens is 360 g/mol. The molecule has 1 unspecified atom stereocenters. The number of Topliss-reactive ketones (excluding diaryl/α,β-unsaturated/α-hetero) is 2. The van der Waals surface area contributed by atoms with Crippen molar-refractivity contribution < 1.29 is 29.0 Å². The molecule has 0 heterocycles. The van der Waals surface area contributed by atoms with Crippen molar-refractivity contribution in [3.05, 3.63) is 71.8 Å². The van der Waals surface area contributed by atoms with Gasteiger partial charge in [0, 0.05) is 6.42 Å². The number of hydrogen-bond acceptors (Lipinski definition) is 5. The minimum Gasteiger partial charge on any atom is -0.475 e. The molecule has 0 aliphatic carbocycles. The highest BCUT2D eigenvalue weighted by Gasteiger charge is 2.24. The van der Waals surface area contributed by atoms with E-state index in [0.717, 1.165) is 11.1 Å². The van der Waals surface area contributed by atoms with Gasteiger partial charge in [-0.05, 0) is 24.5 Å². The highest BCUT2D eigenvalue weighted by Crippen LogP contribution is 2.20. The summed E-state index contributed by atoms with van der Waals surface area (Å²) in [6.07, 6.45) is 0.620. The van der Waals surface area contributed by atoms with Gasteiger partial charge in [0.25, 0.3) is 0 Å². The Kier molecular flexibility index (Phi) is 9.89. The fourth-order valence-corrected chi connectivity index (χ4v) is 2.47. The second kappa shape index (κ2) is 12.2. The summed E-state index contributed by atoms with van der Waals surface area (Å²) in [5.41, 5.74) is 1.59. The Morgan fingerprint density at radius 3 is 1.89 bits per heavy atom. The van der Waals surface area contributed by atoms with E-state index in [1.807, 2.05) is 24.3 Å². The third-order valence-corrected chi connectivity index (χ3v) is 3.85. The lowest BCUT2D eigenvalue weighted by Crippen LogP contribution is -2.21. The number of carbonyl (C=O) groups excluding carboxylic acids is 3. The van der Waals surface area contributed by atoms with E-state index < -0.39 is 29.4 Å². The Balaban J connectivity index is 0.000000280. The molecule has 6 heteroatoms. The molecule has 0 spiro atoms. The lowest BCUT2D eigenvalue weighted by Gasteiger charge is -2.10. The Bertz CT molecular complexity index is 783. The van der Waals surface area contributed by atoms with Crippen LogP contribution in [0.4, 0.5) is 0 Å². The van der Waals surface area contributed by atoms with Crippen molar-refractivity contribution in [2.24, 2.45) is 0 Å². The maximum Gasteiger partial charge on any atom is 0.374 e. The Morgan fingerprint density at radius 1 is 0.893 bits per heavy atom. The monoisotopic (exact) mass is 384 g/mol. The largest absolute Gasteiger partial charge is 0.475 e. The zero-order valence-corrected chi connectivity index (χ0v) is 16.0. The maximum absolute atomic E-state index is 11.3. The van der Waals surface area contributed by atoms with E-state index in [1.165, 1.54) is 0 Å². The van der Waals surface area contributed by atoms with E-state index in [0.29, 0.717) is 6.42 Å². The Labute approximate surface area is 164 Å². The van der Waals surface area contributed by atoms with Crippen molar-refractivity contribution in [1.29, 1.82) is 0 Å². The SMILES string of the molecule is CCC(C(=O)C(=O)O)c1ccccc1.CCOC(=O)C(=O)Cc1ccccc1.